The molecule has 2 N–H and O–H groups in total. The minimum absolute atomic E-state index is 0.0149. The molecule has 0 aliphatic heterocycles. The van der Waals surface area contributed by atoms with Gasteiger partial charge < -0.3 is 23.8 Å². The van der Waals surface area contributed by atoms with Gasteiger partial charge in [-0.25, -0.2) is 5.43 Å². The summed E-state index contributed by atoms with van der Waals surface area (Å²) < 4.78 is 19.5. The molecule has 0 radical (unpaired) electrons. The molecular formula is C33H28BrN5O7. The van der Waals surface area contributed by atoms with Crippen molar-refractivity contribution in [2.75, 3.05) is 11.9 Å². The van der Waals surface area contributed by atoms with Gasteiger partial charge in [-0.3, -0.25) is 19.7 Å². The molecule has 13 heteroatoms. The lowest BCUT2D eigenvalue weighted by Gasteiger charge is -2.11. The molecule has 2 heterocycles. The fraction of sp³-hybridized carbons (Fsp3) is 0.121. The third-order valence-electron chi connectivity index (χ3n) is 6.67. The van der Waals surface area contributed by atoms with E-state index in [2.05, 4.69) is 48.5 Å². The molecule has 2 amide bonds. The zero-order valence-electron chi connectivity index (χ0n) is 24.7. The van der Waals surface area contributed by atoms with Crippen molar-refractivity contribution in [2.24, 2.45) is 5.10 Å². The summed E-state index contributed by atoms with van der Waals surface area (Å²) in [5, 5.41) is 18.3. The van der Waals surface area contributed by atoms with Crippen molar-refractivity contribution in [3.8, 4) is 17.2 Å². The highest BCUT2D eigenvalue weighted by molar-refractivity contribution is 9.10. The summed E-state index contributed by atoms with van der Waals surface area (Å²) in [6.07, 6.45) is 1.17. The molecule has 0 fully saturated rings. The largest absolute Gasteiger partial charge is 0.486 e. The van der Waals surface area contributed by atoms with Crippen molar-refractivity contribution in [1.29, 1.82) is 0 Å². The van der Waals surface area contributed by atoms with Gasteiger partial charge in [-0.1, -0.05) is 34.1 Å². The lowest BCUT2D eigenvalue weighted by Crippen LogP contribution is -2.21. The van der Waals surface area contributed by atoms with Crippen LogP contribution in [0.3, 0.4) is 0 Å². The highest BCUT2D eigenvalue weighted by Crippen LogP contribution is 2.34. The maximum Gasteiger partial charge on any atom is 0.312 e. The minimum Gasteiger partial charge on any atom is -0.486 e. The van der Waals surface area contributed by atoms with E-state index in [0.29, 0.717) is 21.7 Å². The summed E-state index contributed by atoms with van der Waals surface area (Å²) in [4.78, 5) is 36.2. The van der Waals surface area contributed by atoms with Crippen molar-refractivity contribution in [2.45, 2.75) is 20.5 Å². The Hall–Kier alpha value is -5.69. The Morgan fingerprint density at radius 3 is 2.39 bits per heavy atom. The smallest absolute Gasteiger partial charge is 0.312 e. The number of halogens is 1. The Morgan fingerprint density at radius 2 is 1.70 bits per heavy atom. The number of ether oxygens (including phenoxy) is 2. The van der Waals surface area contributed by atoms with Crippen LogP contribution in [0.2, 0.25) is 0 Å². The zero-order chi connectivity index (χ0) is 32.6. The molecule has 0 atom stereocenters. The van der Waals surface area contributed by atoms with Gasteiger partial charge in [-0.15, -0.1) is 0 Å². The number of nitrogens with one attached hydrogen (secondary N) is 2. The molecule has 46 heavy (non-hydrogen) atoms. The molecule has 2 aromatic heterocycles. The lowest BCUT2D eigenvalue weighted by atomic mass is 10.2. The zero-order valence-corrected chi connectivity index (χ0v) is 26.3. The van der Waals surface area contributed by atoms with E-state index in [1.165, 1.54) is 24.4 Å². The van der Waals surface area contributed by atoms with Crippen molar-refractivity contribution < 1.29 is 28.4 Å². The number of rotatable bonds is 12. The van der Waals surface area contributed by atoms with E-state index in [4.69, 9.17) is 13.9 Å². The highest BCUT2D eigenvalue weighted by atomic mass is 79.9. The first-order valence-electron chi connectivity index (χ1n) is 13.9. The average Bonchev–Trinajstić information content (AvgIpc) is 3.65. The van der Waals surface area contributed by atoms with Gasteiger partial charge in [0.15, 0.2) is 12.4 Å². The van der Waals surface area contributed by atoms with Crippen LogP contribution < -0.4 is 20.2 Å². The van der Waals surface area contributed by atoms with Gasteiger partial charge in [0.1, 0.15) is 18.1 Å². The second kappa shape index (κ2) is 14.4. The van der Waals surface area contributed by atoms with Crippen molar-refractivity contribution in [3.05, 3.63) is 134 Å². The van der Waals surface area contributed by atoms with Crippen LogP contribution in [0.5, 0.6) is 11.5 Å². The number of hydrazone groups is 1. The topological polar surface area (TPSA) is 150 Å². The van der Waals surface area contributed by atoms with Gasteiger partial charge in [0, 0.05) is 38.9 Å². The van der Waals surface area contributed by atoms with E-state index in [1.54, 1.807) is 36.4 Å². The van der Waals surface area contributed by atoms with Gasteiger partial charge in [0.05, 0.1) is 11.1 Å². The van der Waals surface area contributed by atoms with Crippen LogP contribution in [0, 0.1) is 24.0 Å². The Kier molecular flexibility index (Phi) is 9.93. The number of carbonyl (C=O) groups is 2. The second-order valence-electron chi connectivity index (χ2n) is 10.0. The molecule has 0 unspecified atom stereocenters. The molecule has 5 rings (SSSR count). The standard InChI is InChI=1S/C33H28BrN5O7/c1-21-8-9-22(2)38(21)26-10-12-27(13-11-26)44-19-28-14-15-30(46-28)33(41)37-35-18-23-16-24(34)17-29(39(42)43)32(23)45-20-31(40)36-25-6-4-3-5-7-25/h3-18H,19-20H2,1-2H3,(H,36,40)(H,37,41)/b35-18+. The quantitative estimate of drug-likeness (QED) is 0.0841. The number of benzene rings is 3. The van der Waals surface area contributed by atoms with E-state index < -0.39 is 29.0 Å². The Morgan fingerprint density at radius 1 is 0.978 bits per heavy atom. The molecule has 0 saturated heterocycles. The van der Waals surface area contributed by atoms with E-state index in [1.807, 2.05) is 38.1 Å². The van der Waals surface area contributed by atoms with Crippen LogP contribution in [0.25, 0.3) is 5.69 Å². The summed E-state index contributed by atoms with van der Waals surface area (Å²) in [6.45, 7) is 3.68. The Bertz CT molecular complexity index is 1880. The predicted molar refractivity (Wildman–Crippen MR) is 175 cm³/mol. The first-order chi connectivity index (χ1) is 22.2. The van der Waals surface area contributed by atoms with Gasteiger partial charge in [-0.05, 0) is 80.6 Å². The summed E-state index contributed by atoms with van der Waals surface area (Å²) in [5.41, 5.74) is 5.92. The molecule has 5 aromatic rings. The molecule has 3 aromatic carbocycles. The first kappa shape index (κ1) is 31.7. The number of furan rings is 1. The van der Waals surface area contributed by atoms with Crippen molar-refractivity contribution in [1.82, 2.24) is 9.99 Å². The van der Waals surface area contributed by atoms with Crippen LogP contribution in [0.1, 0.15) is 33.3 Å². The number of carbonyl (C=O) groups excluding carboxylic acids is 2. The summed E-state index contributed by atoms with van der Waals surface area (Å²) >= 11 is 3.23. The number of para-hydroxylation sites is 1. The average molecular weight is 687 g/mol. The number of hydrogen-bond donors (Lipinski definition) is 2. The number of nitrogens with zero attached hydrogens (tertiary/aromatic N) is 3. The van der Waals surface area contributed by atoms with E-state index in [9.17, 15) is 19.7 Å². The van der Waals surface area contributed by atoms with Crippen LogP contribution in [0.15, 0.2) is 105 Å². The van der Waals surface area contributed by atoms with Gasteiger partial charge in [-0.2, -0.15) is 5.10 Å². The molecule has 0 spiro atoms. The van der Waals surface area contributed by atoms with Gasteiger partial charge >= 0.3 is 11.6 Å². The fourth-order valence-electron chi connectivity index (χ4n) is 4.56. The predicted octanol–water partition coefficient (Wildman–Crippen LogP) is 6.72. The Labute approximate surface area is 271 Å². The number of nitro benzene ring substituents is 1. The molecular weight excluding hydrogens is 658 g/mol. The van der Waals surface area contributed by atoms with Crippen molar-refractivity contribution >= 4 is 45.3 Å². The molecule has 0 aliphatic rings. The molecule has 0 bridgehead atoms. The monoisotopic (exact) mass is 685 g/mol. The maximum absolute atomic E-state index is 12.7. The van der Waals surface area contributed by atoms with Gasteiger partial charge in [0.25, 0.3) is 5.91 Å². The molecule has 0 aliphatic carbocycles. The number of aromatic nitrogens is 1. The third kappa shape index (κ3) is 7.87. The van der Waals surface area contributed by atoms with Gasteiger partial charge in [0.2, 0.25) is 5.75 Å². The number of aryl methyl sites for hydroxylation is 2. The molecule has 0 saturated carbocycles. The van der Waals surface area contributed by atoms with E-state index in [-0.39, 0.29) is 23.7 Å². The number of anilines is 1. The lowest BCUT2D eigenvalue weighted by molar-refractivity contribution is -0.385. The van der Waals surface area contributed by atoms with Crippen LogP contribution in [-0.4, -0.2) is 34.1 Å². The summed E-state index contributed by atoms with van der Waals surface area (Å²) in [5.74, 6) is -0.327. The normalized spacial score (nSPS) is 10.9. The second-order valence-corrected chi connectivity index (χ2v) is 10.9. The third-order valence-corrected chi connectivity index (χ3v) is 7.12. The molecule has 234 valence electrons. The van der Waals surface area contributed by atoms with Crippen molar-refractivity contribution in [3.63, 3.8) is 0 Å². The number of amides is 2. The fourth-order valence-corrected chi connectivity index (χ4v) is 5.02. The Balaban J connectivity index is 1.19. The van der Waals surface area contributed by atoms with E-state index >= 15 is 0 Å². The maximum atomic E-state index is 12.7. The number of nitro groups is 1. The number of hydrogen-bond acceptors (Lipinski definition) is 8. The van der Waals surface area contributed by atoms with Crippen LogP contribution >= 0.6 is 15.9 Å². The summed E-state index contributed by atoms with van der Waals surface area (Å²) in [7, 11) is 0. The highest BCUT2D eigenvalue weighted by Gasteiger charge is 2.22. The first-order valence-corrected chi connectivity index (χ1v) is 14.7. The van der Waals surface area contributed by atoms with Crippen LogP contribution in [0.4, 0.5) is 11.4 Å². The minimum atomic E-state index is -0.654. The molecule has 12 nitrogen and oxygen atoms in total. The van der Waals surface area contributed by atoms with E-state index in [0.717, 1.165) is 17.1 Å². The van der Waals surface area contributed by atoms with Crippen LogP contribution in [-0.2, 0) is 11.4 Å². The summed E-state index contributed by atoms with van der Waals surface area (Å²) in [6, 6.07) is 26.3. The SMILES string of the molecule is Cc1ccc(C)n1-c1ccc(OCc2ccc(C(=O)N/N=C/c3cc(Br)cc([N+](=O)[O-])c3OCC(=O)Nc3ccccc3)o2)cc1.